The predicted octanol–water partition coefficient (Wildman–Crippen LogP) is 8.35. The Labute approximate surface area is 258 Å². The van der Waals surface area contributed by atoms with Gasteiger partial charge in [-0.15, -0.1) is 0 Å². The van der Waals surface area contributed by atoms with Gasteiger partial charge in [0.2, 0.25) is 0 Å². The van der Waals surface area contributed by atoms with E-state index in [0.29, 0.717) is 51.2 Å². The SMILES string of the molecule is O=[N+]([O-])c1cc(C(F)(F)F)ccc1N1CCc2ccccc2C1.O=[N+]([O-])c1cc(C(F)(F)F)ccc1N1CCc2ccccc2C1. The third-order valence-corrected chi connectivity index (χ3v) is 7.94. The van der Waals surface area contributed by atoms with Crippen LogP contribution in [0.4, 0.5) is 49.1 Å². The first-order valence-corrected chi connectivity index (χ1v) is 14.1. The highest BCUT2D eigenvalue weighted by molar-refractivity contribution is 5.66. The Kier molecular flexibility index (Phi) is 8.90. The van der Waals surface area contributed by atoms with Gasteiger partial charge in [0, 0.05) is 38.3 Å². The Bertz CT molecular complexity index is 1650. The molecule has 0 fully saturated rings. The summed E-state index contributed by atoms with van der Waals surface area (Å²) in [5.74, 6) is 0. The maximum absolute atomic E-state index is 12.8. The second kappa shape index (κ2) is 12.7. The van der Waals surface area contributed by atoms with Crippen molar-refractivity contribution in [1.82, 2.24) is 0 Å². The molecule has 0 atom stereocenters. The lowest BCUT2D eigenvalue weighted by Crippen LogP contribution is -2.30. The van der Waals surface area contributed by atoms with Crippen LogP contribution in [0.1, 0.15) is 33.4 Å². The molecule has 8 nitrogen and oxygen atoms in total. The molecule has 4 aromatic rings. The van der Waals surface area contributed by atoms with Crippen molar-refractivity contribution in [2.45, 2.75) is 38.3 Å². The summed E-state index contributed by atoms with van der Waals surface area (Å²) in [6.45, 7) is 1.96. The zero-order valence-electron chi connectivity index (χ0n) is 24.0. The average molecular weight is 645 g/mol. The first-order chi connectivity index (χ1) is 21.7. The number of alkyl halides is 6. The fourth-order valence-corrected chi connectivity index (χ4v) is 5.63. The quantitative estimate of drug-likeness (QED) is 0.126. The van der Waals surface area contributed by atoms with Gasteiger partial charge >= 0.3 is 12.4 Å². The number of nitro benzene ring substituents is 2. The third kappa shape index (κ3) is 7.05. The van der Waals surface area contributed by atoms with Gasteiger partial charge in [0.1, 0.15) is 11.4 Å². The molecule has 0 saturated heterocycles. The fraction of sp³-hybridized carbons (Fsp3) is 0.250. The van der Waals surface area contributed by atoms with Gasteiger partial charge < -0.3 is 9.80 Å². The van der Waals surface area contributed by atoms with Crippen LogP contribution >= 0.6 is 0 Å². The number of halogens is 6. The van der Waals surface area contributed by atoms with Gasteiger partial charge in [-0.3, -0.25) is 20.2 Å². The molecule has 0 amide bonds. The Hall–Kier alpha value is -5.14. The molecule has 0 aromatic heterocycles. The number of nitro groups is 2. The monoisotopic (exact) mass is 644 g/mol. The van der Waals surface area contributed by atoms with Crippen LogP contribution in [-0.2, 0) is 38.3 Å². The standard InChI is InChI=1S/2C16H13F3N2O2/c2*17-16(18,19)13-5-6-14(15(9-13)21(22)23)20-8-7-11-3-1-2-4-12(11)10-20/h2*1-6,9H,7-8,10H2. The molecule has 0 saturated carbocycles. The van der Waals surface area contributed by atoms with Crippen LogP contribution in [0, 0.1) is 20.2 Å². The molecule has 0 radical (unpaired) electrons. The van der Waals surface area contributed by atoms with E-state index in [0.717, 1.165) is 23.3 Å². The molecule has 0 unspecified atom stereocenters. The Morgan fingerprint density at radius 2 is 0.891 bits per heavy atom. The summed E-state index contributed by atoms with van der Waals surface area (Å²) in [6, 6.07) is 20.8. The lowest BCUT2D eigenvalue weighted by atomic mass is 9.99. The molecular weight excluding hydrogens is 618 g/mol. The minimum absolute atomic E-state index is 0.220. The molecule has 2 heterocycles. The highest BCUT2D eigenvalue weighted by Crippen LogP contribution is 2.39. The molecule has 14 heteroatoms. The lowest BCUT2D eigenvalue weighted by molar-refractivity contribution is -0.384. The molecule has 4 aromatic carbocycles. The van der Waals surface area contributed by atoms with Gasteiger partial charge in [0.15, 0.2) is 0 Å². The molecule has 46 heavy (non-hydrogen) atoms. The van der Waals surface area contributed by atoms with Crippen LogP contribution in [0.5, 0.6) is 0 Å². The summed E-state index contributed by atoms with van der Waals surface area (Å²) in [5, 5.41) is 22.4. The van der Waals surface area contributed by atoms with Crippen molar-refractivity contribution < 1.29 is 36.2 Å². The number of hydrogen-bond acceptors (Lipinski definition) is 6. The van der Waals surface area contributed by atoms with Crippen molar-refractivity contribution in [2.75, 3.05) is 22.9 Å². The van der Waals surface area contributed by atoms with Crippen LogP contribution in [0.15, 0.2) is 84.9 Å². The lowest BCUT2D eigenvalue weighted by Gasteiger charge is -2.30. The van der Waals surface area contributed by atoms with Crippen molar-refractivity contribution in [3.8, 4) is 0 Å². The largest absolute Gasteiger partial charge is 0.416 e. The van der Waals surface area contributed by atoms with Crippen molar-refractivity contribution in [3.05, 3.63) is 139 Å². The van der Waals surface area contributed by atoms with E-state index in [9.17, 15) is 46.6 Å². The van der Waals surface area contributed by atoms with E-state index < -0.39 is 44.7 Å². The average Bonchev–Trinajstić information content (AvgIpc) is 3.03. The maximum atomic E-state index is 12.8. The highest BCUT2D eigenvalue weighted by atomic mass is 19.4. The molecule has 0 aliphatic carbocycles. The second-order valence-electron chi connectivity index (χ2n) is 10.8. The number of anilines is 2. The Balaban J connectivity index is 0.000000181. The van der Waals surface area contributed by atoms with Crippen molar-refractivity contribution in [3.63, 3.8) is 0 Å². The molecule has 0 bridgehead atoms. The van der Waals surface area contributed by atoms with Crippen molar-refractivity contribution >= 4 is 22.7 Å². The highest BCUT2D eigenvalue weighted by Gasteiger charge is 2.35. The summed E-state index contributed by atoms with van der Waals surface area (Å²) in [4.78, 5) is 24.4. The molecule has 6 rings (SSSR count). The van der Waals surface area contributed by atoms with E-state index in [1.807, 2.05) is 48.5 Å². The molecule has 240 valence electrons. The maximum Gasteiger partial charge on any atom is 0.416 e. The summed E-state index contributed by atoms with van der Waals surface area (Å²) in [7, 11) is 0. The second-order valence-corrected chi connectivity index (χ2v) is 10.8. The van der Waals surface area contributed by atoms with Crippen LogP contribution in [0.2, 0.25) is 0 Å². The van der Waals surface area contributed by atoms with E-state index in [-0.39, 0.29) is 11.4 Å². The summed E-state index contributed by atoms with van der Waals surface area (Å²) in [5.41, 5.74) is 1.79. The zero-order valence-corrected chi connectivity index (χ0v) is 24.0. The minimum atomic E-state index is -4.60. The first kappa shape index (κ1) is 32.3. The topological polar surface area (TPSA) is 92.8 Å². The predicted molar refractivity (Wildman–Crippen MR) is 159 cm³/mol. The normalized spacial score (nSPS) is 14.5. The Morgan fingerprint density at radius 1 is 0.543 bits per heavy atom. The molecule has 0 N–H and O–H groups in total. The number of fused-ring (bicyclic) bond motifs is 2. The van der Waals surface area contributed by atoms with E-state index in [4.69, 9.17) is 0 Å². The fourth-order valence-electron chi connectivity index (χ4n) is 5.63. The van der Waals surface area contributed by atoms with Gasteiger partial charge in [-0.25, -0.2) is 0 Å². The van der Waals surface area contributed by atoms with Gasteiger partial charge in [-0.05, 0) is 59.4 Å². The van der Waals surface area contributed by atoms with E-state index >= 15 is 0 Å². The summed E-state index contributed by atoms with van der Waals surface area (Å²) < 4.78 is 76.6. The van der Waals surface area contributed by atoms with Crippen molar-refractivity contribution in [2.24, 2.45) is 0 Å². The molecule has 0 spiro atoms. The van der Waals surface area contributed by atoms with Crippen LogP contribution < -0.4 is 9.80 Å². The number of hydrogen-bond donors (Lipinski definition) is 0. The van der Waals surface area contributed by atoms with E-state index in [2.05, 4.69) is 0 Å². The third-order valence-electron chi connectivity index (χ3n) is 7.94. The summed E-state index contributed by atoms with van der Waals surface area (Å²) in [6.07, 6.45) is -7.79. The molecule has 2 aliphatic heterocycles. The molecular formula is C32H26F6N4O4. The number of rotatable bonds is 4. The first-order valence-electron chi connectivity index (χ1n) is 14.1. The zero-order chi connectivity index (χ0) is 33.2. The number of nitrogens with zero attached hydrogens (tertiary/aromatic N) is 4. The van der Waals surface area contributed by atoms with E-state index in [1.165, 1.54) is 23.3 Å². The molecule has 2 aliphatic rings. The van der Waals surface area contributed by atoms with Gasteiger partial charge in [0.25, 0.3) is 11.4 Å². The van der Waals surface area contributed by atoms with Crippen molar-refractivity contribution in [1.29, 1.82) is 0 Å². The summed E-state index contributed by atoms with van der Waals surface area (Å²) >= 11 is 0. The van der Waals surface area contributed by atoms with Gasteiger partial charge in [-0.1, -0.05) is 48.5 Å². The van der Waals surface area contributed by atoms with Gasteiger partial charge in [-0.2, -0.15) is 26.3 Å². The van der Waals surface area contributed by atoms with Crippen LogP contribution in [-0.4, -0.2) is 22.9 Å². The van der Waals surface area contributed by atoms with E-state index in [1.54, 1.807) is 9.80 Å². The Morgan fingerprint density at radius 3 is 1.22 bits per heavy atom. The minimum Gasteiger partial charge on any atom is -0.361 e. The smallest absolute Gasteiger partial charge is 0.361 e. The van der Waals surface area contributed by atoms with Crippen LogP contribution in [0.25, 0.3) is 0 Å². The number of benzene rings is 4. The van der Waals surface area contributed by atoms with Gasteiger partial charge in [0.05, 0.1) is 21.0 Å². The van der Waals surface area contributed by atoms with Crippen LogP contribution in [0.3, 0.4) is 0 Å².